The summed E-state index contributed by atoms with van der Waals surface area (Å²) in [5.41, 5.74) is -0.105. The Labute approximate surface area is 86.4 Å². The van der Waals surface area contributed by atoms with Crippen LogP contribution in [0, 0.1) is 0 Å². The maximum Gasteiger partial charge on any atom is 0.343 e. The topological polar surface area (TPSA) is 77.9 Å². The van der Waals surface area contributed by atoms with Gasteiger partial charge in [0.1, 0.15) is 0 Å². The summed E-state index contributed by atoms with van der Waals surface area (Å²) in [6.45, 7) is 0. The first-order chi connectivity index (χ1) is 7.15. The van der Waals surface area contributed by atoms with Crippen molar-refractivity contribution in [2.45, 2.75) is 0 Å². The molecular formula is C9H11NO5. The van der Waals surface area contributed by atoms with Crippen LogP contribution in [0.3, 0.4) is 0 Å². The SMILES string of the molecule is COc1cnc(OC)c(OC)c1C(=O)O. The molecule has 1 heterocycles. The van der Waals surface area contributed by atoms with Crippen molar-refractivity contribution in [3.63, 3.8) is 0 Å². The molecule has 1 N–H and O–H groups in total. The molecule has 0 amide bonds. The summed E-state index contributed by atoms with van der Waals surface area (Å²) in [6.07, 6.45) is 1.27. The number of pyridine rings is 1. The average molecular weight is 213 g/mol. The van der Waals surface area contributed by atoms with Crippen LogP contribution in [0.25, 0.3) is 0 Å². The number of hydrogen-bond donors (Lipinski definition) is 1. The average Bonchev–Trinajstić information content (AvgIpc) is 2.26. The highest BCUT2D eigenvalue weighted by molar-refractivity contribution is 5.94. The lowest BCUT2D eigenvalue weighted by atomic mass is 10.2. The van der Waals surface area contributed by atoms with Crippen molar-refractivity contribution in [3.05, 3.63) is 11.8 Å². The first-order valence-electron chi connectivity index (χ1n) is 4.04. The van der Waals surface area contributed by atoms with Crippen LogP contribution in [0.1, 0.15) is 10.4 Å². The smallest absolute Gasteiger partial charge is 0.343 e. The normalized spacial score (nSPS) is 9.53. The van der Waals surface area contributed by atoms with Crippen LogP contribution in [0.15, 0.2) is 6.20 Å². The first-order valence-corrected chi connectivity index (χ1v) is 4.04. The molecule has 0 aliphatic heterocycles. The van der Waals surface area contributed by atoms with E-state index in [1.165, 1.54) is 27.5 Å². The summed E-state index contributed by atoms with van der Waals surface area (Å²) in [5, 5.41) is 8.99. The van der Waals surface area contributed by atoms with Gasteiger partial charge in [-0.1, -0.05) is 0 Å². The van der Waals surface area contributed by atoms with Crippen LogP contribution in [0.5, 0.6) is 17.4 Å². The lowest BCUT2D eigenvalue weighted by Gasteiger charge is -2.11. The molecule has 1 aromatic rings. The number of carboxylic acid groups (broad SMARTS) is 1. The molecule has 6 heteroatoms. The predicted octanol–water partition coefficient (Wildman–Crippen LogP) is 0.806. The van der Waals surface area contributed by atoms with Crippen molar-refractivity contribution in [2.75, 3.05) is 21.3 Å². The summed E-state index contributed by atoms with van der Waals surface area (Å²) in [7, 11) is 4.07. The van der Waals surface area contributed by atoms with Crippen molar-refractivity contribution >= 4 is 5.97 Å². The van der Waals surface area contributed by atoms with E-state index in [1.54, 1.807) is 0 Å². The van der Waals surface area contributed by atoms with E-state index in [4.69, 9.17) is 19.3 Å². The fourth-order valence-corrected chi connectivity index (χ4v) is 1.15. The zero-order chi connectivity index (χ0) is 11.4. The zero-order valence-electron chi connectivity index (χ0n) is 8.60. The third-order valence-corrected chi connectivity index (χ3v) is 1.80. The highest BCUT2D eigenvalue weighted by Gasteiger charge is 2.22. The van der Waals surface area contributed by atoms with Crippen LogP contribution in [0.4, 0.5) is 0 Å². The number of aromatic carboxylic acids is 1. The standard InChI is InChI=1S/C9H11NO5/c1-13-5-4-10-8(15-3)7(14-2)6(5)9(11)12/h4H,1-3H3,(H,11,12). The van der Waals surface area contributed by atoms with Gasteiger partial charge in [0.15, 0.2) is 17.1 Å². The van der Waals surface area contributed by atoms with Crippen molar-refractivity contribution in [3.8, 4) is 17.4 Å². The number of nitrogens with zero attached hydrogens (tertiary/aromatic N) is 1. The van der Waals surface area contributed by atoms with Gasteiger partial charge in [-0.05, 0) is 0 Å². The minimum atomic E-state index is -1.16. The highest BCUT2D eigenvalue weighted by Crippen LogP contribution is 2.34. The molecule has 0 radical (unpaired) electrons. The second-order valence-corrected chi connectivity index (χ2v) is 2.55. The van der Waals surface area contributed by atoms with Gasteiger partial charge in [0.2, 0.25) is 0 Å². The molecule has 0 saturated carbocycles. The Morgan fingerprint density at radius 3 is 2.33 bits per heavy atom. The highest BCUT2D eigenvalue weighted by atomic mass is 16.5. The molecule has 0 atom stereocenters. The quantitative estimate of drug-likeness (QED) is 0.797. The Morgan fingerprint density at radius 1 is 1.27 bits per heavy atom. The lowest BCUT2D eigenvalue weighted by Crippen LogP contribution is -2.06. The summed E-state index contributed by atoms with van der Waals surface area (Å²) in [5.74, 6) is -0.885. The first kappa shape index (κ1) is 11.1. The molecule has 0 aliphatic carbocycles. The maximum absolute atomic E-state index is 11.0. The molecule has 0 unspecified atom stereocenters. The number of carbonyl (C=O) groups is 1. The number of methoxy groups -OCH3 is 3. The molecule has 15 heavy (non-hydrogen) atoms. The van der Waals surface area contributed by atoms with Crippen LogP contribution in [-0.2, 0) is 0 Å². The zero-order valence-corrected chi connectivity index (χ0v) is 8.60. The van der Waals surface area contributed by atoms with Gasteiger partial charge in [-0.3, -0.25) is 0 Å². The minimum Gasteiger partial charge on any atom is -0.494 e. The largest absolute Gasteiger partial charge is 0.494 e. The van der Waals surface area contributed by atoms with E-state index in [0.717, 1.165) is 0 Å². The number of aromatic nitrogens is 1. The van der Waals surface area contributed by atoms with E-state index in [0.29, 0.717) is 0 Å². The number of rotatable bonds is 4. The van der Waals surface area contributed by atoms with Gasteiger partial charge in [-0.25, -0.2) is 9.78 Å². The van der Waals surface area contributed by atoms with Crippen LogP contribution in [-0.4, -0.2) is 37.4 Å². The summed E-state index contributed by atoms with van der Waals surface area (Å²) >= 11 is 0. The molecule has 0 saturated heterocycles. The van der Waals surface area contributed by atoms with Gasteiger partial charge in [0.05, 0.1) is 27.5 Å². The number of carboxylic acids is 1. The molecule has 1 rings (SSSR count). The maximum atomic E-state index is 11.0. The third kappa shape index (κ3) is 1.93. The molecule has 0 aliphatic rings. The van der Waals surface area contributed by atoms with E-state index in [-0.39, 0.29) is 22.9 Å². The van der Waals surface area contributed by atoms with Gasteiger partial charge >= 0.3 is 5.97 Å². The van der Waals surface area contributed by atoms with Gasteiger partial charge in [0, 0.05) is 0 Å². The van der Waals surface area contributed by atoms with E-state index in [2.05, 4.69) is 4.98 Å². The summed E-state index contributed by atoms with van der Waals surface area (Å²) in [6, 6.07) is 0. The fourth-order valence-electron chi connectivity index (χ4n) is 1.15. The fraction of sp³-hybridized carbons (Fsp3) is 0.333. The molecule has 82 valence electrons. The molecule has 0 bridgehead atoms. The Balaban J connectivity index is 3.44. The number of ether oxygens (including phenoxy) is 3. The van der Waals surface area contributed by atoms with Crippen LogP contribution >= 0.6 is 0 Å². The molecule has 6 nitrogen and oxygen atoms in total. The van der Waals surface area contributed by atoms with Crippen molar-refractivity contribution < 1.29 is 24.1 Å². The Hall–Kier alpha value is -1.98. The van der Waals surface area contributed by atoms with Gasteiger partial charge in [-0.15, -0.1) is 0 Å². The number of hydrogen-bond acceptors (Lipinski definition) is 5. The van der Waals surface area contributed by atoms with E-state index >= 15 is 0 Å². The van der Waals surface area contributed by atoms with Gasteiger partial charge in [0.25, 0.3) is 5.88 Å². The Morgan fingerprint density at radius 2 is 1.93 bits per heavy atom. The summed E-state index contributed by atoms with van der Waals surface area (Å²) < 4.78 is 14.7. The van der Waals surface area contributed by atoms with E-state index in [9.17, 15) is 4.79 Å². The van der Waals surface area contributed by atoms with Crippen molar-refractivity contribution in [1.29, 1.82) is 0 Å². The molecular weight excluding hydrogens is 202 g/mol. The van der Waals surface area contributed by atoms with Crippen molar-refractivity contribution in [1.82, 2.24) is 4.98 Å². The summed E-state index contributed by atoms with van der Waals surface area (Å²) in [4.78, 5) is 14.8. The van der Waals surface area contributed by atoms with Crippen LogP contribution in [0.2, 0.25) is 0 Å². The lowest BCUT2D eigenvalue weighted by molar-refractivity contribution is 0.0688. The van der Waals surface area contributed by atoms with E-state index < -0.39 is 5.97 Å². The van der Waals surface area contributed by atoms with Crippen LogP contribution < -0.4 is 14.2 Å². The van der Waals surface area contributed by atoms with Gasteiger partial charge in [-0.2, -0.15) is 0 Å². The second kappa shape index (κ2) is 4.50. The Kier molecular flexibility index (Phi) is 3.33. The second-order valence-electron chi connectivity index (χ2n) is 2.55. The predicted molar refractivity (Wildman–Crippen MR) is 50.9 cm³/mol. The van der Waals surface area contributed by atoms with Crippen molar-refractivity contribution in [2.24, 2.45) is 0 Å². The molecule has 0 fully saturated rings. The molecule has 0 aromatic carbocycles. The minimum absolute atomic E-state index is 0.0457. The third-order valence-electron chi connectivity index (χ3n) is 1.80. The van der Waals surface area contributed by atoms with Gasteiger partial charge < -0.3 is 19.3 Å². The molecule has 1 aromatic heterocycles. The van der Waals surface area contributed by atoms with E-state index in [1.807, 2.05) is 0 Å². The monoisotopic (exact) mass is 213 g/mol. The molecule has 0 spiro atoms. The Bertz CT molecular complexity index is 377.